The van der Waals surface area contributed by atoms with E-state index >= 15 is 0 Å². The van der Waals surface area contributed by atoms with Crippen molar-refractivity contribution in [1.82, 2.24) is 5.01 Å². The smallest absolute Gasteiger partial charge is 0.213 e. The number of halogens is 1. The molecule has 0 fully saturated rings. The van der Waals surface area contributed by atoms with E-state index in [1.54, 1.807) is 7.11 Å². The number of methoxy groups -OCH3 is 1. The molecule has 140 valence electrons. The average molecular weight is 391 g/mol. The predicted molar refractivity (Wildman–Crippen MR) is 110 cm³/mol. The first-order chi connectivity index (χ1) is 13.7. The van der Waals surface area contributed by atoms with Gasteiger partial charge in [-0.1, -0.05) is 54.1 Å². The number of hydrogen-bond acceptors (Lipinski definition) is 4. The fraction of sp³-hybridized carbons (Fsp3) is 0.174. The Bertz CT molecular complexity index is 1030. The van der Waals surface area contributed by atoms with Gasteiger partial charge < -0.3 is 9.47 Å². The monoisotopic (exact) mass is 390 g/mol. The second kappa shape index (κ2) is 6.88. The topological polar surface area (TPSA) is 34.1 Å². The minimum Gasteiger partial charge on any atom is -0.497 e. The molecule has 2 atom stereocenters. The molecule has 0 amide bonds. The van der Waals surface area contributed by atoms with Gasteiger partial charge in [0.15, 0.2) is 0 Å². The molecule has 0 unspecified atom stereocenters. The van der Waals surface area contributed by atoms with Gasteiger partial charge in [0.05, 0.1) is 18.9 Å². The zero-order valence-electron chi connectivity index (χ0n) is 15.4. The number of benzene rings is 3. The zero-order chi connectivity index (χ0) is 19.1. The molecule has 0 bridgehead atoms. The van der Waals surface area contributed by atoms with E-state index in [4.69, 9.17) is 26.2 Å². The Hall–Kier alpha value is -2.98. The maximum absolute atomic E-state index is 6.38. The molecule has 4 nitrogen and oxygen atoms in total. The number of hydrogen-bond donors (Lipinski definition) is 0. The third-order valence-corrected chi connectivity index (χ3v) is 5.51. The molecule has 2 heterocycles. The van der Waals surface area contributed by atoms with Crippen LogP contribution in [-0.4, -0.2) is 17.8 Å². The molecule has 0 saturated carbocycles. The molecule has 0 saturated heterocycles. The van der Waals surface area contributed by atoms with Crippen LogP contribution in [0.25, 0.3) is 0 Å². The van der Waals surface area contributed by atoms with E-state index in [0.29, 0.717) is 5.02 Å². The summed E-state index contributed by atoms with van der Waals surface area (Å²) >= 11 is 6.08. The van der Waals surface area contributed by atoms with Crippen LogP contribution in [0, 0.1) is 0 Å². The summed E-state index contributed by atoms with van der Waals surface area (Å²) in [5.41, 5.74) is 4.31. The molecule has 3 aromatic rings. The first-order valence-corrected chi connectivity index (χ1v) is 9.62. The number of ether oxygens (including phenoxy) is 2. The van der Waals surface area contributed by atoms with E-state index in [0.717, 1.165) is 40.3 Å². The van der Waals surface area contributed by atoms with Gasteiger partial charge in [-0.2, -0.15) is 5.10 Å². The third kappa shape index (κ3) is 2.90. The van der Waals surface area contributed by atoms with E-state index in [9.17, 15) is 0 Å². The molecule has 2 aliphatic heterocycles. The first kappa shape index (κ1) is 17.1. The van der Waals surface area contributed by atoms with Gasteiger partial charge in [-0.15, -0.1) is 0 Å². The van der Waals surface area contributed by atoms with E-state index in [-0.39, 0.29) is 12.3 Å². The fourth-order valence-electron chi connectivity index (χ4n) is 3.84. The quantitative estimate of drug-likeness (QED) is 0.584. The van der Waals surface area contributed by atoms with Crippen LogP contribution in [0.5, 0.6) is 11.5 Å². The van der Waals surface area contributed by atoms with Gasteiger partial charge in [-0.3, -0.25) is 0 Å². The third-order valence-electron chi connectivity index (χ3n) is 5.26. The summed E-state index contributed by atoms with van der Waals surface area (Å²) in [4.78, 5) is 0. The minimum atomic E-state index is -0.302. The van der Waals surface area contributed by atoms with Crippen molar-refractivity contribution < 1.29 is 9.47 Å². The molecule has 0 radical (unpaired) electrons. The number of rotatable bonds is 3. The van der Waals surface area contributed by atoms with Crippen LogP contribution < -0.4 is 9.47 Å². The van der Waals surface area contributed by atoms with Crippen LogP contribution in [0.2, 0.25) is 5.02 Å². The summed E-state index contributed by atoms with van der Waals surface area (Å²) in [7, 11) is 1.68. The Kier molecular flexibility index (Phi) is 4.21. The molecule has 5 heteroatoms. The van der Waals surface area contributed by atoms with Crippen molar-refractivity contribution in [3.8, 4) is 11.5 Å². The lowest BCUT2D eigenvalue weighted by atomic mass is 9.95. The molecular weight excluding hydrogens is 372 g/mol. The highest BCUT2D eigenvalue weighted by molar-refractivity contribution is 6.30. The maximum Gasteiger partial charge on any atom is 0.213 e. The zero-order valence-corrected chi connectivity index (χ0v) is 16.1. The van der Waals surface area contributed by atoms with E-state index in [1.807, 2.05) is 54.6 Å². The lowest BCUT2D eigenvalue weighted by Crippen LogP contribution is -2.33. The van der Waals surface area contributed by atoms with E-state index < -0.39 is 0 Å². The van der Waals surface area contributed by atoms with E-state index in [1.165, 1.54) is 0 Å². The lowest BCUT2D eigenvalue weighted by Gasteiger charge is -2.38. The van der Waals surface area contributed by atoms with Gasteiger partial charge in [0.1, 0.15) is 11.5 Å². The highest BCUT2D eigenvalue weighted by atomic mass is 35.5. The Labute approximate surface area is 169 Å². The summed E-state index contributed by atoms with van der Waals surface area (Å²) < 4.78 is 11.8. The second-order valence-corrected chi connectivity index (χ2v) is 7.37. The minimum absolute atomic E-state index is 0.0923. The molecule has 0 aromatic heterocycles. The first-order valence-electron chi connectivity index (χ1n) is 9.24. The van der Waals surface area contributed by atoms with Gasteiger partial charge in [0.2, 0.25) is 6.23 Å². The molecule has 0 N–H and O–H groups in total. The van der Waals surface area contributed by atoms with Crippen molar-refractivity contribution in [1.29, 1.82) is 0 Å². The summed E-state index contributed by atoms with van der Waals surface area (Å²) in [6.07, 6.45) is 0.516. The number of hydrazone groups is 1. The Morgan fingerprint density at radius 3 is 2.57 bits per heavy atom. The number of nitrogens with zero attached hydrogens (tertiary/aromatic N) is 2. The number of fused-ring (bicyclic) bond motifs is 3. The highest BCUT2D eigenvalue weighted by Gasteiger charge is 2.41. The van der Waals surface area contributed by atoms with Crippen LogP contribution in [0.1, 0.15) is 35.4 Å². The predicted octanol–water partition coefficient (Wildman–Crippen LogP) is 5.59. The summed E-state index contributed by atoms with van der Waals surface area (Å²) in [5, 5.41) is 7.73. The van der Waals surface area contributed by atoms with Crippen LogP contribution in [0.4, 0.5) is 0 Å². The largest absolute Gasteiger partial charge is 0.497 e. The highest BCUT2D eigenvalue weighted by Crippen LogP contribution is 2.48. The standard InChI is InChI=1S/C23H19ClN2O2/c1-27-18-11-12-22-19(13-18)21-14-20(15-5-3-2-4-6-15)25-26(21)23(28-22)16-7-9-17(24)10-8-16/h2-13,21,23H,14H2,1H3/t21-,23+/m1/s1. The Morgan fingerprint density at radius 1 is 1.04 bits per heavy atom. The molecule has 0 aliphatic carbocycles. The average Bonchev–Trinajstić information content (AvgIpc) is 3.20. The van der Waals surface area contributed by atoms with Crippen LogP contribution in [0.3, 0.4) is 0 Å². The molecule has 3 aromatic carbocycles. The second-order valence-electron chi connectivity index (χ2n) is 6.94. The molecular formula is C23H19ClN2O2. The summed E-state index contributed by atoms with van der Waals surface area (Å²) in [5.74, 6) is 1.69. The SMILES string of the molecule is COc1ccc2c(c1)[C@H]1CC(c3ccccc3)=NN1[C@H](c1ccc(Cl)cc1)O2. The van der Waals surface area contributed by atoms with Gasteiger partial charge in [-0.25, -0.2) is 5.01 Å². The van der Waals surface area contributed by atoms with Gasteiger partial charge in [0, 0.05) is 22.6 Å². The molecule has 0 spiro atoms. The van der Waals surface area contributed by atoms with Crippen molar-refractivity contribution in [2.75, 3.05) is 7.11 Å². The fourth-order valence-corrected chi connectivity index (χ4v) is 3.97. The molecule has 2 aliphatic rings. The molecule has 5 rings (SSSR count). The van der Waals surface area contributed by atoms with Gasteiger partial charge in [-0.05, 0) is 35.9 Å². The van der Waals surface area contributed by atoms with Crippen LogP contribution in [0.15, 0.2) is 77.9 Å². The van der Waals surface area contributed by atoms with Crippen LogP contribution in [-0.2, 0) is 0 Å². The summed E-state index contributed by atoms with van der Waals surface area (Å²) in [6.45, 7) is 0. The van der Waals surface area contributed by atoms with Crippen molar-refractivity contribution >= 4 is 17.3 Å². The van der Waals surface area contributed by atoms with Crippen molar-refractivity contribution in [3.63, 3.8) is 0 Å². The normalized spacial score (nSPS) is 20.1. The van der Waals surface area contributed by atoms with Gasteiger partial charge in [0.25, 0.3) is 0 Å². The van der Waals surface area contributed by atoms with Crippen molar-refractivity contribution in [3.05, 3.63) is 94.5 Å². The van der Waals surface area contributed by atoms with E-state index in [2.05, 4.69) is 23.2 Å². The maximum atomic E-state index is 6.38. The lowest BCUT2D eigenvalue weighted by molar-refractivity contribution is -0.0191. The Balaban J connectivity index is 1.60. The van der Waals surface area contributed by atoms with Crippen LogP contribution >= 0.6 is 11.6 Å². The van der Waals surface area contributed by atoms with Crippen molar-refractivity contribution in [2.24, 2.45) is 5.10 Å². The van der Waals surface area contributed by atoms with Crippen molar-refractivity contribution in [2.45, 2.75) is 18.7 Å². The Morgan fingerprint density at radius 2 is 1.82 bits per heavy atom. The summed E-state index contributed by atoms with van der Waals surface area (Å²) in [6, 6.07) is 24.1. The molecule has 28 heavy (non-hydrogen) atoms. The van der Waals surface area contributed by atoms with Gasteiger partial charge >= 0.3 is 0 Å².